The highest BCUT2D eigenvalue weighted by Gasteiger charge is 2.23. The molecule has 130 valence electrons. The Morgan fingerprint density at radius 2 is 1.69 bits per heavy atom. The third-order valence-electron chi connectivity index (χ3n) is 4.18. The molecule has 1 fully saturated rings. The first-order valence-corrected chi connectivity index (χ1v) is 8.35. The monoisotopic (exact) mass is 348 g/mol. The van der Waals surface area contributed by atoms with E-state index in [9.17, 15) is 14.4 Å². The van der Waals surface area contributed by atoms with E-state index >= 15 is 0 Å². The normalized spacial score (nSPS) is 13.4. The number of para-hydroxylation sites is 1. The predicted molar refractivity (Wildman–Crippen MR) is 97.4 cm³/mol. The second kappa shape index (κ2) is 6.48. The van der Waals surface area contributed by atoms with Crippen LogP contribution in [0.5, 0.6) is 0 Å². The Bertz CT molecular complexity index is 1050. The Hall–Kier alpha value is -3.41. The maximum absolute atomic E-state index is 12.4. The van der Waals surface area contributed by atoms with Gasteiger partial charge in [-0.3, -0.25) is 14.4 Å². The van der Waals surface area contributed by atoms with Crippen LogP contribution < -0.4 is 16.1 Å². The van der Waals surface area contributed by atoms with E-state index in [1.54, 1.807) is 48.5 Å². The standard InChI is InChI=1S/C20H16N2O4/c23-16-11-18(26-17-4-2-1-3-15(16)17)20(25)22-13-7-5-12(6-8-13)19(24)21-14-9-10-14/h1-8,11,14H,9-10H2,(H,21,24)(H,22,25). The highest BCUT2D eigenvalue weighted by atomic mass is 16.3. The smallest absolute Gasteiger partial charge is 0.291 e. The summed E-state index contributed by atoms with van der Waals surface area (Å²) < 4.78 is 5.51. The summed E-state index contributed by atoms with van der Waals surface area (Å²) in [6, 6.07) is 14.8. The van der Waals surface area contributed by atoms with Crippen LogP contribution in [-0.2, 0) is 0 Å². The third-order valence-corrected chi connectivity index (χ3v) is 4.18. The highest BCUT2D eigenvalue weighted by molar-refractivity contribution is 6.03. The van der Waals surface area contributed by atoms with Crippen LogP contribution in [0.1, 0.15) is 33.8 Å². The fraction of sp³-hybridized carbons (Fsp3) is 0.150. The first kappa shape index (κ1) is 16.1. The van der Waals surface area contributed by atoms with Crippen molar-refractivity contribution in [1.29, 1.82) is 0 Å². The minimum Gasteiger partial charge on any atom is -0.451 e. The Morgan fingerprint density at radius 3 is 2.42 bits per heavy atom. The molecule has 2 aromatic carbocycles. The summed E-state index contributed by atoms with van der Waals surface area (Å²) in [4.78, 5) is 36.4. The molecule has 4 rings (SSSR count). The molecule has 0 atom stereocenters. The molecule has 6 heteroatoms. The molecule has 0 aliphatic heterocycles. The van der Waals surface area contributed by atoms with Gasteiger partial charge in [-0.1, -0.05) is 12.1 Å². The molecule has 0 radical (unpaired) electrons. The van der Waals surface area contributed by atoms with Gasteiger partial charge in [0.1, 0.15) is 5.58 Å². The number of hydrogen-bond donors (Lipinski definition) is 2. The molecule has 0 bridgehead atoms. The van der Waals surface area contributed by atoms with E-state index in [1.165, 1.54) is 6.07 Å². The molecule has 1 aliphatic carbocycles. The zero-order valence-corrected chi connectivity index (χ0v) is 13.8. The van der Waals surface area contributed by atoms with Crippen molar-refractivity contribution in [3.05, 3.63) is 76.1 Å². The van der Waals surface area contributed by atoms with Gasteiger partial charge >= 0.3 is 0 Å². The lowest BCUT2D eigenvalue weighted by Crippen LogP contribution is -2.25. The Kier molecular flexibility index (Phi) is 4.01. The van der Waals surface area contributed by atoms with Gasteiger partial charge in [-0.15, -0.1) is 0 Å². The fourth-order valence-electron chi connectivity index (χ4n) is 2.61. The SMILES string of the molecule is O=C(NC1CC1)c1ccc(NC(=O)c2cc(=O)c3ccccc3o2)cc1. The zero-order chi connectivity index (χ0) is 18.1. The summed E-state index contributed by atoms with van der Waals surface area (Å²) >= 11 is 0. The number of carbonyl (C=O) groups excluding carboxylic acids is 2. The van der Waals surface area contributed by atoms with Crippen LogP contribution in [0.15, 0.2) is 63.8 Å². The largest absolute Gasteiger partial charge is 0.451 e. The molecule has 26 heavy (non-hydrogen) atoms. The summed E-state index contributed by atoms with van der Waals surface area (Å²) in [6.45, 7) is 0. The molecule has 6 nitrogen and oxygen atoms in total. The third kappa shape index (κ3) is 3.35. The molecule has 1 aliphatic rings. The van der Waals surface area contributed by atoms with Gasteiger partial charge in [0.2, 0.25) is 0 Å². The van der Waals surface area contributed by atoms with Gasteiger partial charge in [0.15, 0.2) is 11.2 Å². The van der Waals surface area contributed by atoms with Gasteiger partial charge in [0.25, 0.3) is 11.8 Å². The van der Waals surface area contributed by atoms with Crippen LogP contribution in [-0.4, -0.2) is 17.9 Å². The summed E-state index contributed by atoms with van der Waals surface area (Å²) in [5.41, 5.74) is 1.13. The van der Waals surface area contributed by atoms with E-state index in [4.69, 9.17) is 4.42 Å². The molecule has 1 saturated carbocycles. The van der Waals surface area contributed by atoms with Crippen molar-refractivity contribution >= 4 is 28.5 Å². The van der Waals surface area contributed by atoms with Crippen molar-refractivity contribution in [2.45, 2.75) is 18.9 Å². The maximum atomic E-state index is 12.4. The Labute approximate surface area is 148 Å². The Balaban J connectivity index is 1.51. The van der Waals surface area contributed by atoms with E-state index in [1.807, 2.05) is 0 Å². The molecule has 1 aromatic heterocycles. The molecular weight excluding hydrogens is 332 g/mol. The van der Waals surface area contributed by atoms with E-state index in [-0.39, 0.29) is 23.1 Å². The molecule has 0 saturated heterocycles. The lowest BCUT2D eigenvalue weighted by atomic mass is 10.2. The summed E-state index contributed by atoms with van der Waals surface area (Å²) in [5.74, 6) is -0.710. The number of anilines is 1. The quantitative estimate of drug-likeness (QED) is 0.759. The number of fused-ring (bicyclic) bond motifs is 1. The maximum Gasteiger partial charge on any atom is 0.291 e. The van der Waals surface area contributed by atoms with Gasteiger partial charge in [-0.25, -0.2) is 0 Å². The average molecular weight is 348 g/mol. The summed E-state index contributed by atoms with van der Waals surface area (Å²) in [5, 5.41) is 6.00. The molecule has 0 spiro atoms. The number of nitrogens with one attached hydrogen (secondary N) is 2. The van der Waals surface area contributed by atoms with Crippen molar-refractivity contribution in [2.24, 2.45) is 0 Å². The second-order valence-electron chi connectivity index (χ2n) is 6.25. The van der Waals surface area contributed by atoms with Gasteiger partial charge < -0.3 is 15.1 Å². The van der Waals surface area contributed by atoms with E-state index < -0.39 is 5.91 Å². The van der Waals surface area contributed by atoms with Crippen molar-refractivity contribution in [3.63, 3.8) is 0 Å². The van der Waals surface area contributed by atoms with Crippen molar-refractivity contribution < 1.29 is 14.0 Å². The van der Waals surface area contributed by atoms with Crippen LogP contribution in [0.4, 0.5) is 5.69 Å². The van der Waals surface area contributed by atoms with E-state index in [0.29, 0.717) is 22.2 Å². The minimum atomic E-state index is -0.525. The first-order valence-electron chi connectivity index (χ1n) is 8.35. The van der Waals surface area contributed by atoms with Crippen LogP contribution in [0.3, 0.4) is 0 Å². The van der Waals surface area contributed by atoms with Gasteiger partial charge in [-0.2, -0.15) is 0 Å². The fourth-order valence-corrected chi connectivity index (χ4v) is 2.61. The van der Waals surface area contributed by atoms with E-state index in [2.05, 4.69) is 10.6 Å². The van der Waals surface area contributed by atoms with E-state index in [0.717, 1.165) is 12.8 Å². The lowest BCUT2D eigenvalue weighted by Gasteiger charge is -2.07. The molecule has 1 heterocycles. The molecule has 2 N–H and O–H groups in total. The van der Waals surface area contributed by atoms with Gasteiger partial charge in [0, 0.05) is 23.4 Å². The summed E-state index contributed by atoms with van der Waals surface area (Å²) in [6.07, 6.45) is 2.05. The number of benzene rings is 2. The van der Waals surface area contributed by atoms with Gasteiger partial charge in [-0.05, 0) is 49.2 Å². The number of carbonyl (C=O) groups is 2. The molecule has 2 amide bonds. The molecular formula is C20H16N2O4. The minimum absolute atomic E-state index is 0.0655. The number of amides is 2. The van der Waals surface area contributed by atoms with Crippen LogP contribution in [0.25, 0.3) is 11.0 Å². The number of rotatable bonds is 4. The molecule has 0 unspecified atom stereocenters. The Morgan fingerprint density at radius 1 is 0.962 bits per heavy atom. The van der Waals surface area contributed by atoms with Crippen molar-refractivity contribution in [2.75, 3.05) is 5.32 Å². The average Bonchev–Trinajstić information content (AvgIpc) is 3.46. The summed E-state index contributed by atoms with van der Waals surface area (Å²) in [7, 11) is 0. The zero-order valence-electron chi connectivity index (χ0n) is 13.8. The first-order chi connectivity index (χ1) is 12.6. The topological polar surface area (TPSA) is 88.4 Å². The second-order valence-corrected chi connectivity index (χ2v) is 6.25. The van der Waals surface area contributed by atoms with Crippen molar-refractivity contribution in [3.8, 4) is 0 Å². The number of hydrogen-bond acceptors (Lipinski definition) is 4. The highest BCUT2D eigenvalue weighted by Crippen LogP contribution is 2.20. The predicted octanol–water partition coefficient (Wildman–Crippen LogP) is 2.94. The van der Waals surface area contributed by atoms with Crippen LogP contribution >= 0.6 is 0 Å². The van der Waals surface area contributed by atoms with Gasteiger partial charge in [0.05, 0.1) is 5.39 Å². The molecule has 3 aromatic rings. The lowest BCUT2D eigenvalue weighted by molar-refractivity contribution is 0.0950. The van der Waals surface area contributed by atoms with Crippen LogP contribution in [0, 0.1) is 0 Å². The van der Waals surface area contributed by atoms with Crippen LogP contribution in [0.2, 0.25) is 0 Å². The van der Waals surface area contributed by atoms with Crippen molar-refractivity contribution in [1.82, 2.24) is 5.32 Å².